The molecule has 3 heterocycles. The first-order chi connectivity index (χ1) is 14.6. The van der Waals surface area contributed by atoms with E-state index in [9.17, 15) is 4.79 Å². The Kier molecular flexibility index (Phi) is 5.29. The Morgan fingerprint density at radius 2 is 1.97 bits per heavy atom. The van der Waals surface area contributed by atoms with Gasteiger partial charge >= 0.3 is 0 Å². The van der Waals surface area contributed by atoms with E-state index in [1.54, 1.807) is 0 Å². The lowest BCUT2D eigenvalue weighted by molar-refractivity contribution is 0.0904. The highest BCUT2D eigenvalue weighted by Gasteiger charge is 2.29. The topological polar surface area (TPSA) is 58.1 Å². The number of hydrogen-bond donors (Lipinski definition) is 1. The van der Waals surface area contributed by atoms with E-state index in [0.29, 0.717) is 5.92 Å². The predicted octanol–water partition coefficient (Wildman–Crippen LogP) is 4.58. The molecule has 2 fully saturated rings. The number of carbonyl (C=O) groups is 1. The summed E-state index contributed by atoms with van der Waals surface area (Å²) in [5.74, 6) is 1.51. The van der Waals surface area contributed by atoms with Crippen LogP contribution in [0.5, 0.6) is 0 Å². The van der Waals surface area contributed by atoms with Crippen LogP contribution in [0, 0.1) is 13.8 Å². The first kappa shape index (κ1) is 19.6. The SMILES string of the molecule is Cc1nc(C2CC2)nc2sc(C(=O)NC3CCCN(Cc4ccccc4)C3)c(C)c12. The molecule has 2 aliphatic rings. The molecular weight excluding hydrogens is 392 g/mol. The minimum absolute atomic E-state index is 0.0365. The number of aryl methyl sites for hydroxylation is 2. The summed E-state index contributed by atoms with van der Waals surface area (Å²) in [5.41, 5.74) is 3.34. The summed E-state index contributed by atoms with van der Waals surface area (Å²) in [6, 6.07) is 10.7. The third-order valence-corrected chi connectivity index (χ3v) is 7.41. The third-order valence-electron chi connectivity index (χ3n) is 6.23. The van der Waals surface area contributed by atoms with Gasteiger partial charge < -0.3 is 5.32 Å². The highest BCUT2D eigenvalue weighted by atomic mass is 32.1. The smallest absolute Gasteiger partial charge is 0.261 e. The van der Waals surface area contributed by atoms with Crippen LogP contribution in [0.4, 0.5) is 0 Å². The number of piperidine rings is 1. The van der Waals surface area contributed by atoms with Crippen LogP contribution in [0.15, 0.2) is 30.3 Å². The number of benzene rings is 1. The highest BCUT2D eigenvalue weighted by molar-refractivity contribution is 7.20. The fraction of sp³-hybridized carbons (Fsp3) is 0.458. The van der Waals surface area contributed by atoms with Crippen molar-refractivity contribution in [2.24, 2.45) is 0 Å². The van der Waals surface area contributed by atoms with Gasteiger partial charge in [0.25, 0.3) is 5.91 Å². The first-order valence-corrected chi connectivity index (χ1v) is 11.7. The molecule has 1 saturated heterocycles. The molecule has 6 heteroatoms. The summed E-state index contributed by atoms with van der Waals surface area (Å²) < 4.78 is 0. The molecule has 0 spiro atoms. The molecule has 1 amide bonds. The summed E-state index contributed by atoms with van der Waals surface area (Å²) in [6.07, 6.45) is 4.51. The molecule has 2 aromatic heterocycles. The van der Waals surface area contributed by atoms with Gasteiger partial charge in [-0.15, -0.1) is 11.3 Å². The molecule has 30 heavy (non-hydrogen) atoms. The van der Waals surface area contributed by atoms with Crippen molar-refractivity contribution < 1.29 is 4.79 Å². The van der Waals surface area contributed by atoms with Gasteiger partial charge in [-0.05, 0) is 57.2 Å². The van der Waals surface area contributed by atoms with Crippen LogP contribution in [-0.4, -0.2) is 39.9 Å². The molecule has 0 radical (unpaired) electrons. The summed E-state index contributed by atoms with van der Waals surface area (Å²) >= 11 is 1.52. The van der Waals surface area contributed by atoms with Crippen molar-refractivity contribution in [1.29, 1.82) is 0 Å². The molecule has 1 saturated carbocycles. The van der Waals surface area contributed by atoms with Crippen molar-refractivity contribution in [3.05, 3.63) is 57.9 Å². The highest BCUT2D eigenvalue weighted by Crippen LogP contribution is 2.40. The minimum atomic E-state index is 0.0365. The monoisotopic (exact) mass is 420 g/mol. The second-order valence-electron chi connectivity index (χ2n) is 8.71. The molecule has 156 valence electrons. The summed E-state index contributed by atoms with van der Waals surface area (Å²) in [6.45, 7) is 6.99. The Morgan fingerprint density at radius 1 is 1.17 bits per heavy atom. The van der Waals surface area contributed by atoms with Crippen molar-refractivity contribution in [1.82, 2.24) is 20.2 Å². The fourth-order valence-corrected chi connectivity index (χ4v) is 5.65. The van der Waals surface area contributed by atoms with Crippen LogP contribution in [0.2, 0.25) is 0 Å². The van der Waals surface area contributed by atoms with E-state index < -0.39 is 0 Å². The average Bonchev–Trinajstić information content (AvgIpc) is 3.52. The van der Waals surface area contributed by atoms with Crippen LogP contribution in [0.3, 0.4) is 0 Å². The van der Waals surface area contributed by atoms with Crippen LogP contribution < -0.4 is 5.32 Å². The number of carbonyl (C=O) groups excluding carboxylic acids is 1. The normalized spacial score (nSPS) is 19.9. The van der Waals surface area contributed by atoms with E-state index in [1.165, 1.54) is 29.7 Å². The van der Waals surface area contributed by atoms with Gasteiger partial charge in [0.05, 0.1) is 10.6 Å². The van der Waals surface area contributed by atoms with Gasteiger partial charge in [-0.1, -0.05) is 30.3 Å². The number of amides is 1. The number of nitrogens with zero attached hydrogens (tertiary/aromatic N) is 3. The standard InChI is InChI=1S/C24H28N4OS/c1-15-20-16(2)25-22(18-10-11-18)27-24(20)30-21(15)23(29)26-19-9-6-12-28(14-19)13-17-7-4-3-5-8-17/h3-5,7-8,18-19H,6,9-14H2,1-2H3,(H,26,29). The summed E-state index contributed by atoms with van der Waals surface area (Å²) in [7, 11) is 0. The third kappa shape index (κ3) is 3.98. The van der Waals surface area contributed by atoms with Crippen molar-refractivity contribution in [2.75, 3.05) is 13.1 Å². The Balaban J connectivity index is 1.30. The number of nitrogens with one attached hydrogen (secondary N) is 1. The zero-order valence-electron chi connectivity index (χ0n) is 17.6. The van der Waals surface area contributed by atoms with Crippen LogP contribution in [0.1, 0.15) is 63.9 Å². The largest absolute Gasteiger partial charge is 0.347 e. The van der Waals surface area contributed by atoms with Gasteiger partial charge in [0, 0.05) is 30.4 Å². The maximum absolute atomic E-state index is 13.1. The van der Waals surface area contributed by atoms with Crippen molar-refractivity contribution >= 4 is 27.5 Å². The van der Waals surface area contributed by atoms with E-state index >= 15 is 0 Å². The van der Waals surface area contributed by atoms with Crippen molar-refractivity contribution in [3.63, 3.8) is 0 Å². The summed E-state index contributed by atoms with van der Waals surface area (Å²) in [5, 5.41) is 4.36. The second kappa shape index (κ2) is 8.08. The maximum Gasteiger partial charge on any atom is 0.261 e. The molecular formula is C24H28N4OS. The van der Waals surface area contributed by atoms with E-state index in [1.807, 2.05) is 13.8 Å². The predicted molar refractivity (Wildman–Crippen MR) is 121 cm³/mol. The minimum Gasteiger partial charge on any atom is -0.347 e. The van der Waals surface area contributed by atoms with Crippen LogP contribution in [-0.2, 0) is 6.54 Å². The van der Waals surface area contributed by atoms with Gasteiger partial charge in [0.2, 0.25) is 0 Å². The molecule has 1 aliphatic carbocycles. The van der Waals surface area contributed by atoms with E-state index in [-0.39, 0.29) is 11.9 Å². The lowest BCUT2D eigenvalue weighted by Crippen LogP contribution is -2.47. The molecule has 1 aliphatic heterocycles. The molecule has 5 rings (SSSR count). The van der Waals surface area contributed by atoms with E-state index in [0.717, 1.165) is 64.7 Å². The fourth-order valence-electron chi connectivity index (χ4n) is 4.51. The van der Waals surface area contributed by atoms with Gasteiger partial charge in [-0.3, -0.25) is 9.69 Å². The second-order valence-corrected chi connectivity index (χ2v) is 9.71. The summed E-state index contributed by atoms with van der Waals surface area (Å²) in [4.78, 5) is 26.8. The number of fused-ring (bicyclic) bond motifs is 1. The molecule has 3 aromatic rings. The zero-order chi connectivity index (χ0) is 20.7. The Morgan fingerprint density at radius 3 is 2.73 bits per heavy atom. The molecule has 1 N–H and O–H groups in total. The molecule has 1 unspecified atom stereocenters. The quantitative estimate of drug-likeness (QED) is 0.656. The number of thiophene rings is 1. The average molecular weight is 421 g/mol. The molecule has 0 bridgehead atoms. The Bertz CT molecular complexity index is 1070. The molecule has 1 atom stereocenters. The number of hydrogen-bond acceptors (Lipinski definition) is 5. The van der Waals surface area contributed by atoms with Crippen LogP contribution in [0.25, 0.3) is 10.2 Å². The first-order valence-electron chi connectivity index (χ1n) is 10.9. The maximum atomic E-state index is 13.1. The number of aromatic nitrogens is 2. The zero-order valence-corrected chi connectivity index (χ0v) is 18.5. The van der Waals surface area contributed by atoms with Crippen molar-refractivity contribution in [3.8, 4) is 0 Å². The van der Waals surface area contributed by atoms with Crippen molar-refractivity contribution in [2.45, 2.75) is 58.0 Å². The lowest BCUT2D eigenvalue weighted by atomic mass is 10.0. The van der Waals surface area contributed by atoms with Crippen LogP contribution >= 0.6 is 11.3 Å². The number of likely N-dealkylation sites (tertiary alicyclic amines) is 1. The lowest BCUT2D eigenvalue weighted by Gasteiger charge is -2.33. The van der Waals surface area contributed by atoms with E-state index in [2.05, 4.69) is 40.5 Å². The molecule has 5 nitrogen and oxygen atoms in total. The van der Waals surface area contributed by atoms with Gasteiger partial charge in [-0.2, -0.15) is 0 Å². The number of rotatable bonds is 5. The van der Waals surface area contributed by atoms with Gasteiger partial charge in [-0.25, -0.2) is 9.97 Å². The Labute approximate surface area is 181 Å². The Hall–Kier alpha value is -2.31. The molecule has 1 aromatic carbocycles. The van der Waals surface area contributed by atoms with Gasteiger partial charge in [0.1, 0.15) is 10.7 Å². The van der Waals surface area contributed by atoms with E-state index in [4.69, 9.17) is 9.97 Å². The van der Waals surface area contributed by atoms with Gasteiger partial charge in [0.15, 0.2) is 0 Å².